The van der Waals surface area contributed by atoms with Gasteiger partial charge in [0.2, 0.25) is 9.84 Å². The Balaban J connectivity index is 2.62. The minimum Gasteiger partial charge on any atom is -0.260 e. The second-order valence-corrected chi connectivity index (χ2v) is 5.32. The van der Waals surface area contributed by atoms with Gasteiger partial charge in [-0.25, -0.2) is 8.42 Å². The summed E-state index contributed by atoms with van der Waals surface area (Å²) in [4.78, 5) is 4.55. The van der Waals surface area contributed by atoms with Crippen LogP contribution in [0.3, 0.4) is 0 Å². The van der Waals surface area contributed by atoms with Gasteiger partial charge in [0.05, 0.1) is 15.5 Å². The number of nitrogens with zero attached hydrogens (tertiary/aromatic N) is 1. The number of sulfone groups is 1. The first-order valence-corrected chi connectivity index (χ1v) is 6.32. The zero-order valence-corrected chi connectivity index (χ0v) is 9.61. The summed E-state index contributed by atoms with van der Waals surface area (Å²) in [6, 6.07) is 11.6. The second kappa shape index (κ2) is 4.06. The zero-order valence-electron chi connectivity index (χ0n) is 8.79. The van der Waals surface area contributed by atoms with Crippen molar-refractivity contribution >= 4 is 9.84 Å². The van der Waals surface area contributed by atoms with Gasteiger partial charge >= 0.3 is 0 Å². The third-order valence-electron chi connectivity index (χ3n) is 2.30. The molecule has 3 nitrogen and oxygen atoms in total. The van der Waals surface area contributed by atoms with Crippen molar-refractivity contribution in [2.24, 2.45) is 0 Å². The highest BCUT2D eigenvalue weighted by molar-refractivity contribution is 7.91. The normalized spacial score (nSPS) is 11.3. The van der Waals surface area contributed by atoms with Gasteiger partial charge in [-0.1, -0.05) is 18.2 Å². The van der Waals surface area contributed by atoms with Crippen molar-refractivity contribution < 1.29 is 8.42 Å². The summed E-state index contributed by atoms with van der Waals surface area (Å²) in [5.41, 5.74) is 0.520. The van der Waals surface area contributed by atoms with Crippen molar-refractivity contribution in [3.8, 4) is 0 Å². The van der Waals surface area contributed by atoms with Crippen LogP contribution in [0.2, 0.25) is 0 Å². The Hall–Kier alpha value is -1.68. The van der Waals surface area contributed by atoms with Crippen LogP contribution in [0.5, 0.6) is 0 Å². The first kappa shape index (κ1) is 10.8. The lowest BCUT2D eigenvalue weighted by atomic mass is 10.4. The third kappa shape index (κ3) is 1.84. The largest absolute Gasteiger partial charge is 0.260 e. The lowest BCUT2D eigenvalue weighted by Crippen LogP contribution is -2.04. The number of aromatic nitrogens is 1. The van der Waals surface area contributed by atoms with E-state index in [0.717, 1.165) is 0 Å². The highest BCUT2D eigenvalue weighted by atomic mass is 32.2. The zero-order chi connectivity index (χ0) is 11.6. The summed E-state index contributed by atoms with van der Waals surface area (Å²) in [5, 5.41) is 0. The van der Waals surface area contributed by atoms with E-state index in [1.54, 1.807) is 55.6 Å². The van der Waals surface area contributed by atoms with E-state index in [1.165, 1.54) is 0 Å². The van der Waals surface area contributed by atoms with Crippen LogP contribution in [0.4, 0.5) is 0 Å². The first-order valence-electron chi connectivity index (χ1n) is 4.84. The van der Waals surface area contributed by atoms with Crippen LogP contribution >= 0.6 is 0 Å². The highest BCUT2D eigenvalue weighted by Crippen LogP contribution is 2.21. The molecule has 0 aliphatic heterocycles. The average Bonchev–Trinajstić information content (AvgIpc) is 2.30. The summed E-state index contributed by atoms with van der Waals surface area (Å²) in [6.07, 6.45) is 1.58. The van der Waals surface area contributed by atoms with Crippen LogP contribution in [0.25, 0.3) is 0 Å². The molecule has 0 spiro atoms. The Morgan fingerprint density at radius 1 is 1.00 bits per heavy atom. The minimum absolute atomic E-state index is 0.265. The monoisotopic (exact) mass is 233 g/mol. The Morgan fingerprint density at radius 3 is 2.31 bits per heavy atom. The average molecular weight is 233 g/mol. The molecular weight excluding hydrogens is 222 g/mol. The predicted octanol–water partition coefficient (Wildman–Crippen LogP) is 2.22. The van der Waals surface area contributed by atoms with E-state index >= 15 is 0 Å². The number of hydrogen-bond donors (Lipinski definition) is 0. The molecule has 0 amide bonds. The molecule has 0 bridgehead atoms. The fourth-order valence-electron chi connectivity index (χ4n) is 1.48. The van der Waals surface area contributed by atoms with Crippen LogP contribution in [0, 0.1) is 6.92 Å². The van der Waals surface area contributed by atoms with Crippen LogP contribution < -0.4 is 0 Å². The van der Waals surface area contributed by atoms with E-state index in [-0.39, 0.29) is 4.90 Å². The summed E-state index contributed by atoms with van der Waals surface area (Å²) in [6.45, 7) is 1.69. The molecule has 1 aromatic heterocycles. The van der Waals surface area contributed by atoms with Crippen molar-refractivity contribution in [1.82, 2.24) is 4.98 Å². The molecule has 0 N–H and O–H groups in total. The van der Waals surface area contributed by atoms with Crippen molar-refractivity contribution in [3.63, 3.8) is 0 Å². The third-order valence-corrected chi connectivity index (χ3v) is 4.20. The van der Waals surface area contributed by atoms with Crippen LogP contribution in [0.15, 0.2) is 58.5 Å². The van der Waals surface area contributed by atoms with Gasteiger partial charge in [-0.05, 0) is 31.2 Å². The number of rotatable bonds is 2. The van der Waals surface area contributed by atoms with E-state index in [9.17, 15) is 8.42 Å². The number of pyridine rings is 1. The number of benzene rings is 1. The van der Waals surface area contributed by atoms with Crippen molar-refractivity contribution in [1.29, 1.82) is 0 Å². The van der Waals surface area contributed by atoms with Crippen molar-refractivity contribution in [3.05, 3.63) is 54.4 Å². The highest BCUT2D eigenvalue weighted by Gasteiger charge is 2.19. The summed E-state index contributed by atoms with van der Waals surface area (Å²) in [5.74, 6) is 0. The van der Waals surface area contributed by atoms with Gasteiger partial charge in [0.25, 0.3) is 0 Å². The SMILES string of the molecule is Cc1ncccc1S(=O)(=O)c1ccccc1. The molecule has 0 fully saturated rings. The quantitative estimate of drug-likeness (QED) is 0.799. The van der Waals surface area contributed by atoms with Crippen molar-refractivity contribution in [2.45, 2.75) is 16.7 Å². The van der Waals surface area contributed by atoms with Crippen molar-refractivity contribution in [2.75, 3.05) is 0 Å². The molecule has 4 heteroatoms. The van der Waals surface area contributed by atoms with E-state index in [4.69, 9.17) is 0 Å². The van der Waals surface area contributed by atoms with Gasteiger partial charge in [-0.2, -0.15) is 0 Å². The van der Waals surface area contributed by atoms with E-state index < -0.39 is 9.84 Å². The Labute approximate surface area is 94.7 Å². The molecule has 0 aliphatic rings. The van der Waals surface area contributed by atoms with Gasteiger partial charge in [0.1, 0.15) is 0 Å². The standard InChI is InChI=1S/C12H11NO2S/c1-10-12(8-5-9-13-10)16(14,15)11-6-3-2-4-7-11/h2-9H,1H3. The molecule has 0 radical (unpaired) electrons. The molecule has 0 saturated heterocycles. The fourth-order valence-corrected chi connectivity index (χ4v) is 2.95. The molecular formula is C12H11NO2S. The molecule has 0 unspecified atom stereocenters. The van der Waals surface area contributed by atoms with Gasteiger partial charge in [0.15, 0.2) is 0 Å². The van der Waals surface area contributed by atoms with Gasteiger partial charge < -0.3 is 0 Å². The molecule has 2 rings (SSSR count). The topological polar surface area (TPSA) is 47.0 Å². The Kier molecular flexibility index (Phi) is 2.75. The van der Waals surface area contributed by atoms with Gasteiger partial charge in [-0.3, -0.25) is 4.98 Å². The smallest absolute Gasteiger partial charge is 0.208 e. The second-order valence-electron chi connectivity index (χ2n) is 3.40. The van der Waals surface area contributed by atoms with E-state index in [2.05, 4.69) is 4.98 Å². The Morgan fingerprint density at radius 2 is 1.69 bits per heavy atom. The van der Waals surface area contributed by atoms with Crippen LogP contribution in [-0.2, 0) is 9.84 Å². The van der Waals surface area contributed by atoms with Crippen LogP contribution in [-0.4, -0.2) is 13.4 Å². The summed E-state index contributed by atoms with van der Waals surface area (Å²) in [7, 11) is -3.43. The number of aryl methyl sites for hydroxylation is 1. The maximum atomic E-state index is 12.2. The maximum absolute atomic E-state index is 12.2. The van der Waals surface area contributed by atoms with E-state index in [1.807, 2.05) is 0 Å². The summed E-state index contributed by atoms with van der Waals surface area (Å²) < 4.78 is 24.4. The first-order chi connectivity index (χ1) is 7.62. The van der Waals surface area contributed by atoms with Gasteiger partial charge in [-0.15, -0.1) is 0 Å². The summed E-state index contributed by atoms with van der Waals surface area (Å²) >= 11 is 0. The molecule has 0 aliphatic carbocycles. The molecule has 1 heterocycles. The fraction of sp³-hybridized carbons (Fsp3) is 0.0833. The molecule has 2 aromatic rings. The molecule has 82 valence electrons. The Bertz CT molecular complexity index is 591. The number of hydrogen-bond acceptors (Lipinski definition) is 3. The van der Waals surface area contributed by atoms with Gasteiger partial charge in [0, 0.05) is 6.20 Å². The lowest BCUT2D eigenvalue weighted by molar-refractivity contribution is 0.595. The minimum atomic E-state index is -3.43. The predicted molar refractivity (Wildman–Crippen MR) is 60.9 cm³/mol. The van der Waals surface area contributed by atoms with Crippen LogP contribution in [0.1, 0.15) is 5.69 Å². The molecule has 16 heavy (non-hydrogen) atoms. The van der Waals surface area contributed by atoms with E-state index in [0.29, 0.717) is 10.6 Å². The molecule has 1 aromatic carbocycles. The maximum Gasteiger partial charge on any atom is 0.208 e. The molecule has 0 atom stereocenters. The lowest BCUT2D eigenvalue weighted by Gasteiger charge is -2.06. The molecule has 0 saturated carbocycles.